The molecule has 18 heavy (non-hydrogen) atoms. The molecule has 0 aromatic heterocycles. The first-order valence-corrected chi connectivity index (χ1v) is 6.56. The van der Waals surface area contributed by atoms with E-state index in [1.165, 1.54) is 9.80 Å². The topological polar surface area (TPSA) is 57.7 Å². The fraction of sp³-hybridized carbons (Fsp3) is 0.769. The number of hydrogen-bond donors (Lipinski definition) is 0. The standard InChI is InChI=1S/C13H18N2O3/c1-14(2)9(16)6-15-12(17)10-7-3-4-8(5-7)11(10)13(15)18/h7-8,10-11H,3-6H2,1-2H3/t7-,8-,10+,11+/m0/s1. The Morgan fingerprint density at radius 3 is 2.11 bits per heavy atom. The van der Waals surface area contributed by atoms with E-state index in [1.54, 1.807) is 14.1 Å². The molecule has 4 atom stereocenters. The number of fused-ring (bicyclic) bond motifs is 5. The molecule has 2 bridgehead atoms. The van der Waals surface area contributed by atoms with E-state index in [1.807, 2.05) is 0 Å². The van der Waals surface area contributed by atoms with Crippen LogP contribution >= 0.6 is 0 Å². The van der Waals surface area contributed by atoms with E-state index in [9.17, 15) is 14.4 Å². The van der Waals surface area contributed by atoms with Crippen LogP contribution in [0, 0.1) is 23.7 Å². The highest BCUT2D eigenvalue weighted by Gasteiger charge is 2.60. The summed E-state index contributed by atoms with van der Waals surface area (Å²) in [4.78, 5) is 38.8. The van der Waals surface area contributed by atoms with Crippen LogP contribution < -0.4 is 0 Å². The molecule has 2 aliphatic carbocycles. The molecule has 3 rings (SSSR count). The minimum Gasteiger partial charge on any atom is -0.347 e. The first-order chi connectivity index (χ1) is 8.50. The molecular formula is C13H18N2O3. The largest absolute Gasteiger partial charge is 0.347 e. The number of carbonyl (C=O) groups excluding carboxylic acids is 3. The highest BCUT2D eigenvalue weighted by molar-refractivity contribution is 6.08. The Bertz CT molecular complexity index is 404. The van der Waals surface area contributed by atoms with Crippen LogP contribution in [0.5, 0.6) is 0 Å². The summed E-state index contributed by atoms with van der Waals surface area (Å²) in [7, 11) is 3.27. The predicted molar refractivity (Wildman–Crippen MR) is 63.2 cm³/mol. The maximum atomic E-state index is 12.3. The lowest BCUT2D eigenvalue weighted by atomic mass is 9.81. The molecule has 98 valence electrons. The first-order valence-electron chi connectivity index (χ1n) is 6.56. The van der Waals surface area contributed by atoms with Gasteiger partial charge in [0, 0.05) is 14.1 Å². The smallest absolute Gasteiger partial charge is 0.242 e. The van der Waals surface area contributed by atoms with Crippen LogP contribution in [0.1, 0.15) is 19.3 Å². The molecule has 1 saturated heterocycles. The van der Waals surface area contributed by atoms with Crippen LogP contribution in [0.25, 0.3) is 0 Å². The molecule has 3 fully saturated rings. The van der Waals surface area contributed by atoms with Gasteiger partial charge in [-0.2, -0.15) is 0 Å². The van der Waals surface area contributed by atoms with Gasteiger partial charge in [-0.3, -0.25) is 19.3 Å². The van der Waals surface area contributed by atoms with Crippen molar-refractivity contribution >= 4 is 17.7 Å². The number of rotatable bonds is 2. The maximum Gasteiger partial charge on any atom is 0.242 e. The van der Waals surface area contributed by atoms with Gasteiger partial charge < -0.3 is 4.90 Å². The van der Waals surface area contributed by atoms with Crippen molar-refractivity contribution in [1.29, 1.82) is 0 Å². The van der Waals surface area contributed by atoms with Gasteiger partial charge >= 0.3 is 0 Å². The van der Waals surface area contributed by atoms with Gasteiger partial charge in [0.15, 0.2) is 0 Å². The Kier molecular flexibility index (Phi) is 2.47. The molecule has 0 aromatic rings. The van der Waals surface area contributed by atoms with E-state index < -0.39 is 0 Å². The summed E-state index contributed by atoms with van der Waals surface area (Å²) in [5.74, 6) is 0.132. The van der Waals surface area contributed by atoms with Gasteiger partial charge in [0.25, 0.3) is 0 Å². The Hall–Kier alpha value is -1.39. The zero-order chi connectivity index (χ0) is 13.0. The molecular weight excluding hydrogens is 232 g/mol. The second-order valence-corrected chi connectivity index (χ2v) is 5.94. The maximum absolute atomic E-state index is 12.3. The fourth-order valence-electron chi connectivity index (χ4n) is 3.90. The van der Waals surface area contributed by atoms with E-state index >= 15 is 0 Å². The highest BCUT2D eigenvalue weighted by atomic mass is 16.2. The normalized spacial score (nSPS) is 37.3. The average molecular weight is 250 g/mol. The van der Waals surface area contributed by atoms with Gasteiger partial charge in [-0.05, 0) is 31.1 Å². The van der Waals surface area contributed by atoms with Crippen molar-refractivity contribution in [2.75, 3.05) is 20.6 Å². The van der Waals surface area contributed by atoms with E-state index in [4.69, 9.17) is 0 Å². The lowest BCUT2D eigenvalue weighted by molar-refractivity contribution is -0.146. The van der Waals surface area contributed by atoms with Gasteiger partial charge in [-0.25, -0.2) is 0 Å². The van der Waals surface area contributed by atoms with Crippen LogP contribution in [0.4, 0.5) is 0 Å². The van der Waals surface area contributed by atoms with Crippen LogP contribution in [0.3, 0.4) is 0 Å². The summed E-state index contributed by atoms with van der Waals surface area (Å²) in [6, 6.07) is 0. The quantitative estimate of drug-likeness (QED) is 0.653. The number of imide groups is 1. The Balaban J connectivity index is 1.80. The van der Waals surface area contributed by atoms with Gasteiger partial charge in [-0.15, -0.1) is 0 Å². The molecule has 2 saturated carbocycles. The van der Waals surface area contributed by atoms with Crippen molar-refractivity contribution in [3.63, 3.8) is 0 Å². The molecule has 0 spiro atoms. The number of nitrogens with zero attached hydrogens (tertiary/aromatic N) is 2. The molecule has 1 aliphatic heterocycles. The summed E-state index contributed by atoms with van der Waals surface area (Å²) in [6.45, 7) is -0.0862. The fourth-order valence-corrected chi connectivity index (χ4v) is 3.90. The second-order valence-electron chi connectivity index (χ2n) is 5.94. The number of likely N-dealkylation sites (N-methyl/N-ethyl adjacent to an activating group) is 1. The first kappa shape index (κ1) is 11.7. The summed E-state index contributed by atoms with van der Waals surface area (Å²) < 4.78 is 0. The molecule has 5 heteroatoms. The molecule has 0 N–H and O–H groups in total. The SMILES string of the molecule is CN(C)C(=O)CN1C(=O)[C@@H]2[C@H]3CC[C@@H](C3)[C@H]2C1=O. The van der Waals surface area contributed by atoms with Crippen molar-refractivity contribution in [1.82, 2.24) is 9.80 Å². The van der Waals surface area contributed by atoms with Gasteiger partial charge in [0.2, 0.25) is 17.7 Å². The monoisotopic (exact) mass is 250 g/mol. The van der Waals surface area contributed by atoms with Crippen LogP contribution in [0.15, 0.2) is 0 Å². The minimum atomic E-state index is -0.191. The lowest BCUT2D eigenvalue weighted by Gasteiger charge is -2.19. The zero-order valence-electron chi connectivity index (χ0n) is 10.8. The Labute approximate surface area is 106 Å². The Morgan fingerprint density at radius 2 is 1.67 bits per heavy atom. The third-order valence-electron chi connectivity index (χ3n) is 4.81. The van der Waals surface area contributed by atoms with Crippen molar-refractivity contribution < 1.29 is 14.4 Å². The van der Waals surface area contributed by atoms with E-state index in [0.29, 0.717) is 11.8 Å². The van der Waals surface area contributed by atoms with Crippen LogP contribution in [-0.2, 0) is 14.4 Å². The molecule has 0 unspecified atom stereocenters. The third-order valence-corrected chi connectivity index (χ3v) is 4.81. The molecule has 0 aromatic carbocycles. The van der Waals surface area contributed by atoms with Gasteiger partial charge in [0.1, 0.15) is 6.54 Å². The van der Waals surface area contributed by atoms with E-state index in [-0.39, 0.29) is 36.1 Å². The highest BCUT2D eigenvalue weighted by Crippen LogP contribution is 2.55. The average Bonchev–Trinajstić information content (AvgIpc) is 2.98. The van der Waals surface area contributed by atoms with E-state index in [2.05, 4.69) is 0 Å². The number of hydrogen-bond acceptors (Lipinski definition) is 3. The summed E-state index contributed by atoms with van der Waals surface area (Å²) in [5, 5.41) is 0. The summed E-state index contributed by atoms with van der Waals surface area (Å²) >= 11 is 0. The summed E-state index contributed by atoms with van der Waals surface area (Å²) in [6.07, 6.45) is 3.17. The van der Waals surface area contributed by atoms with Gasteiger partial charge in [0.05, 0.1) is 11.8 Å². The third kappa shape index (κ3) is 1.42. The van der Waals surface area contributed by atoms with Crippen molar-refractivity contribution in [3.8, 4) is 0 Å². The summed E-state index contributed by atoms with van der Waals surface area (Å²) in [5.41, 5.74) is 0. The molecule has 3 aliphatic rings. The van der Waals surface area contributed by atoms with Crippen LogP contribution in [0.2, 0.25) is 0 Å². The molecule has 3 amide bonds. The second kappa shape index (κ2) is 3.80. The number of carbonyl (C=O) groups is 3. The predicted octanol–water partition coefficient (Wildman–Crippen LogP) is 0.106. The lowest BCUT2D eigenvalue weighted by Crippen LogP contribution is -2.41. The molecule has 0 radical (unpaired) electrons. The van der Waals surface area contributed by atoms with Crippen LogP contribution in [-0.4, -0.2) is 48.2 Å². The molecule has 1 heterocycles. The number of amides is 3. The Morgan fingerprint density at radius 1 is 1.17 bits per heavy atom. The zero-order valence-corrected chi connectivity index (χ0v) is 10.8. The van der Waals surface area contributed by atoms with E-state index in [0.717, 1.165) is 19.3 Å². The van der Waals surface area contributed by atoms with Crippen molar-refractivity contribution in [2.24, 2.45) is 23.7 Å². The number of likely N-dealkylation sites (tertiary alicyclic amines) is 1. The minimum absolute atomic E-state index is 0.0862. The van der Waals surface area contributed by atoms with Crippen molar-refractivity contribution in [2.45, 2.75) is 19.3 Å². The molecule has 5 nitrogen and oxygen atoms in total. The van der Waals surface area contributed by atoms with Gasteiger partial charge in [-0.1, -0.05) is 0 Å². The van der Waals surface area contributed by atoms with Crippen molar-refractivity contribution in [3.05, 3.63) is 0 Å².